The summed E-state index contributed by atoms with van der Waals surface area (Å²) in [5.41, 5.74) is 0.718. The molecule has 1 aromatic carbocycles. The maximum atomic E-state index is 12.5. The number of anilines is 1. The molecule has 0 N–H and O–H groups in total. The molecule has 0 saturated heterocycles. The fourth-order valence-electron chi connectivity index (χ4n) is 3.35. The third-order valence-electron chi connectivity index (χ3n) is 5.00. The minimum absolute atomic E-state index is 0.0375. The average Bonchev–Trinajstić information content (AvgIpc) is 3.44. The van der Waals surface area contributed by atoms with Gasteiger partial charge in [-0.2, -0.15) is 10.2 Å². The quantitative estimate of drug-likeness (QED) is 0.674. The van der Waals surface area contributed by atoms with E-state index in [1.165, 1.54) is 0 Å². The van der Waals surface area contributed by atoms with E-state index in [4.69, 9.17) is 11.2 Å². The van der Waals surface area contributed by atoms with E-state index in [0.29, 0.717) is 25.8 Å². The van der Waals surface area contributed by atoms with Gasteiger partial charge in [0.1, 0.15) is 11.9 Å². The monoisotopic (exact) mass is 354 g/mol. The number of hydrogen-bond acceptors (Lipinski definition) is 5. The lowest BCUT2D eigenvalue weighted by atomic mass is 10.0. The third-order valence-corrected chi connectivity index (χ3v) is 5.00. The van der Waals surface area contributed by atoms with E-state index >= 15 is 0 Å². The highest BCUT2D eigenvalue weighted by Crippen LogP contribution is 2.38. The summed E-state index contributed by atoms with van der Waals surface area (Å²) < 4.78 is 6.10. The number of hydrogen-bond donors (Lipinski definition) is 0. The van der Waals surface area contributed by atoms with Crippen LogP contribution in [0.4, 0.5) is 5.69 Å². The summed E-state index contributed by atoms with van der Waals surface area (Å²) in [6, 6.07) is 8.05. The van der Waals surface area contributed by atoms with Crippen LogP contribution in [0.1, 0.15) is 32.6 Å². The van der Waals surface area contributed by atoms with Crippen LogP contribution in [0.5, 0.6) is 5.75 Å². The van der Waals surface area contributed by atoms with Gasteiger partial charge in [0.2, 0.25) is 5.91 Å². The molecule has 0 bridgehead atoms. The zero-order valence-corrected chi connectivity index (χ0v) is 15.5. The number of benzene rings is 1. The Morgan fingerprint density at radius 2 is 2.19 bits per heavy atom. The summed E-state index contributed by atoms with van der Waals surface area (Å²) >= 11 is 0. The van der Waals surface area contributed by atoms with Crippen molar-refractivity contribution in [1.82, 2.24) is 4.90 Å². The van der Waals surface area contributed by atoms with Crippen LogP contribution in [0.15, 0.2) is 34.5 Å². The number of ether oxygens (including phenoxy) is 1. The molecular weight excluding hydrogens is 328 g/mol. The molecular formula is C20H26N4O2. The number of carbonyl (C=O) groups excluding carboxylic acids is 1. The zero-order chi connectivity index (χ0) is 18.6. The Labute approximate surface area is 155 Å². The summed E-state index contributed by atoms with van der Waals surface area (Å²) in [6.07, 6.45) is 7.69. The maximum absolute atomic E-state index is 12.5. The second-order valence-electron chi connectivity index (χ2n) is 6.91. The molecule has 0 aliphatic carbocycles. The minimum Gasteiger partial charge on any atom is -0.485 e. The van der Waals surface area contributed by atoms with E-state index in [1.54, 1.807) is 4.90 Å². The lowest BCUT2D eigenvalue weighted by molar-refractivity contribution is -0.131. The Morgan fingerprint density at radius 3 is 2.88 bits per heavy atom. The molecule has 3 rings (SSSR count). The summed E-state index contributed by atoms with van der Waals surface area (Å²) in [5, 5.41) is 8.18. The first-order valence-electron chi connectivity index (χ1n) is 9.19. The van der Waals surface area contributed by atoms with Crippen molar-refractivity contribution in [2.45, 2.75) is 44.4 Å². The molecule has 0 aromatic heterocycles. The maximum Gasteiger partial charge on any atom is 0.222 e. The second-order valence-corrected chi connectivity index (χ2v) is 6.91. The number of fused-ring (bicyclic) bond motifs is 1. The Kier molecular flexibility index (Phi) is 5.46. The molecule has 2 aliphatic rings. The molecule has 1 unspecified atom stereocenters. The Hall–Kier alpha value is -2.55. The van der Waals surface area contributed by atoms with Gasteiger partial charge in [-0.15, -0.1) is 12.3 Å². The lowest BCUT2D eigenvalue weighted by Crippen LogP contribution is -2.46. The van der Waals surface area contributed by atoms with Crippen molar-refractivity contribution < 1.29 is 9.53 Å². The van der Waals surface area contributed by atoms with Crippen molar-refractivity contribution in [2.24, 2.45) is 10.2 Å². The summed E-state index contributed by atoms with van der Waals surface area (Å²) in [4.78, 5) is 16.5. The van der Waals surface area contributed by atoms with Crippen LogP contribution in [0.25, 0.3) is 0 Å². The van der Waals surface area contributed by atoms with E-state index in [2.05, 4.69) is 34.0 Å². The molecule has 0 fully saturated rings. The number of nitrogens with zero attached hydrogens (tertiary/aromatic N) is 4. The standard InChI is InChI=1S/C20H26N4O2/c1-4-6-12-20(21-22-20)13-11-19(25)23(3)14-16-15-24(5-2)17-9-7-8-10-18(17)26-16/h1,7-10,16H,5-6,11-15H2,2-3H3. The summed E-state index contributed by atoms with van der Waals surface area (Å²) in [5.74, 6) is 3.58. The molecule has 1 amide bonds. The van der Waals surface area contributed by atoms with Crippen LogP contribution >= 0.6 is 0 Å². The highest BCUT2D eigenvalue weighted by Gasteiger charge is 2.39. The third kappa shape index (κ3) is 4.16. The number of carbonyl (C=O) groups is 1. The first kappa shape index (κ1) is 18.2. The minimum atomic E-state index is -0.401. The average molecular weight is 354 g/mol. The molecule has 2 heterocycles. The number of para-hydroxylation sites is 2. The van der Waals surface area contributed by atoms with Gasteiger partial charge in [-0.3, -0.25) is 4.79 Å². The van der Waals surface area contributed by atoms with Crippen molar-refractivity contribution in [2.75, 3.05) is 31.6 Å². The molecule has 0 radical (unpaired) electrons. The predicted molar refractivity (Wildman–Crippen MR) is 101 cm³/mol. The van der Waals surface area contributed by atoms with Crippen LogP contribution < -0.4 is 9.64 Å². The van der Waals surface area contributed by atoms with Gasteiger partial charge in [0.15, 0.2) is 5.66 Å². The molecule has 26 heavy (non-hydrogen) atoms. The van der Waals surface area contributed by atoms with Gasteiger partial charge >= 0.3 is 0 Å². The molecule has 138 valence electrons. The Bertz CT molecular complexity index is 719. The normalized spacial score (nSPS) is 19.3. The van der Waals surface area contributed by atoms with E-state index < -0.39 is 5.66 Å². The van der Waals surface area contributed by atoms with Crippen molar-refractivity contribution in [1.29, 1.82) is 0 Å². The van der Waals surface area contributed by atoms with Crippen LogP contribution in [0.2, 0.25) is 0 Å². The van der Waals surface area contributed by atoms with Crippen molar-refractivity contribution in [3.63, 3.8) is 0 Å². The first-order chi connectivity index (χ1) is 12.6. The largest absolute Gasteiger partial charge is 0.485 e. The molecule has 2 aliphatic heterocycles. The molecule has 0 spiro atoms. The molecule has 1 atom stereocenters. The molecule has 0 saturated carbocycles. The summed E-state index contributed by atoms with van der Waals surface area (Å²) in [7, 11) is 1.83. The van der Waals surface area contributed by atoms with Gasteiger partial charge in [0.25, 0.3) is 0 Å². The number of likely N-dealkylation sites (N-methyl/N-ethyl adjacent to an activating group) is 2. The first-order valence-corrected chi connectivity index (χ1v) is 9.19. The van der Waals surface area contributed by atoms with Gasteiger partial charge in [-0.1, -0.05) is 12.1 Å². The van der Waals surface area contributed by atoms with Crippen LogP contribution in [-0.2, 0) is 4.79 Å². The Balaban J connectivity index is 1.51. The van der Waals surface area contributed by atoms with Crippen molar-refractivity contribution >= 4 is 11.6 Å². The number of terminal acetylenes is 1. The predicted octanol–water partition coefficient (Wildman–Crippen LogP) is 3.09. The van der Waals surface area contributed by atoms with Crippen LogP contribution in [0, 0.1) is 12.3 Å². The van der Waals surface area contributed by atoms with Gasteiger partial charge in [0, 0.05) is 39.3 Å². The molecule has 6 heteroatoms. The SMILES string of the molecule is C#CCCC1(CCC(=O)N(C)CC2CN(CC)c3ccccc3O2)N=N1. The smallest absolute Gasteiger partial charge is 0.222 e. The number of amides is 1. The van der Waals surface area contributed by atoms with Gasteiger partial charge < -0.3 is 14.5 Å². The zero-order valence-electron chi connectivity index (χ0n) is 15.5. The fraction of sp³-hybridized carbons (Fsp3) is 0.550. The van der Waals surface area contributed by atoms with Crippen LogP contribution in [0.3, 0.4) is 0 Å². The topological polar surface area (TPSA) is 57.5 Å². The van der Waals surface area contributed by atoms with Crippen molar-refractivity contribution in [3.8, 4) is 18.1 Å². The van der Waals surface area contributed by atoms with E-state index in [0.717, 1.165) is 30.9 Å². The fourth-order valence-corrected chi connectivity index (χ4v) is 3.35. The summed E-state index contributed by atoms with van der Waals surface area (Å²) in [6.45, 7) is 4.39. The number of rotatable bonds is 8. The van der Waals surface area contributed by atoms with E-state index in [1.807, 2.05) is 25.2 Å². The van der Waals surface area contributed by atoms with E-state index in [9.17, 15) is 4.79 Å². The molecule has 1 aromatic rings. The van der Waals surface area contributed by atoms with Crippen molar-refractivity contribution in [3.05, 3.63) is 24.3 Å². The second kappa shape index (κ2) is 7.77. The molecule has 6 nitrogen and oxygen atoms in total. The van der Waals surface area contributed by atoms with Gasteiger partial charge in [0.05, 0.1) is 18.8 Å². The lowest BCUT2D eigenvalue weighted by Gasteiger charge is -2.37. The van der Waals surface area contributed by atoms with Gasteiger partial charge in [-0.05, 0) is 19.1 Å². The Morgan fingerprint density at radius 1 is 1.42 bits per heavy atom. The highest BCUT2D eigenvalue weighted by molar-refractivity contribution is 5.76. The van der Waals surface area contributed by atoms with E-state index in [-0.39, 0.29) is 12.0 Å². The highest BCUT2D eigenvalue weighted by atomic mass is 16.5. The van der Waals surface area contributed by atoms with Crippen LogP contribution in [-0.4, -0.2) is 49.3 Å². The van der Waals surface area contributed by atoms with Gasteiger partial charge in [-0.25, -0.2) is 0 Å².